The molecule has 6 heteroatoms. The number of carbonyl (C=O) groups excluding carboxylic acids is 1. The molecule has 2 atom stereocenters. The van der Waals surface area contributed by atoms with Crippen LogP contribution in [-0.4, -0.2) is 45.8 Å². The van der Waals surface area contributed by atoms with Gasteiger partial charge in [0.05, 0.1) is 5.69 Å². The number of amides is 1. The molecule has 0 radical (unpaired) electrons. The number of fused-ring (bicyclic) bond motifs is 1. The van der Waals surface area contributed by atoms with Crippen LogP contribution in [0.25, 0.3) is 0 Å². The summed E-state index contributed by atoms with van der Waals surface area (Å²) in [4.78, 5) is 14.6. The number of nitrogens with two attached hydrogens (primary N) is 1. The number of nitrogens with one attached hydrogen (secondary N) is 1. The van der Waals surface area contributed by atoms with Crippen molar-refractivity contribution in [3.05, 3.63) is 11.9 Å². The summed E-state index contributed by atoms with van der Waals surface area (Å²) in [5.41, 5.74) is 6.55. The number of nitrogens with zero attached hydrogens (tertiary/aromatic N) is 3. The van der Waals surface area contributed by atoms with Crippen molar-refractivity contribution in [2.24, 2.45) is 7.05 Å². The Balaban J connectivity index is 1.69. The average molecular weight is 249 g/mol. The van der Waals surface area contributed by atoms with Crippen LogP contribution in [0.1, 0.15) is 29.8 Å². The Morgan fingerprint density at radius 2 is 2.33 bits per heavy atom. The molecule has 1 aromatic rings. The quantitative estimate of drug-likeness (QED) is 0.771. The van der Waals surface area contributed by atoms with Gasteiger partial charge in [-0.3, -0.25) is 14.4 Å². The van der Waals surface area contributed by atoms with Crippen molar-refractivity contribution in [2.45, 2.75) is 31.3 Å². The van der Waals surface area contributed by atoms with Gasteiger partial charge in [0.2, 0.25) is 0 Å². The first-order valence-corrected chi connectivity index (χ1v) is 6.49. The van der Waals surface area contributed by atoms with E-state index in [-0.39, 0.29) is 11.9 Å². The van der Waals surface area contributed by atoms with Crippen molar-refractivity contribution < 1.29 is 4.79 Å². The van der Waals surface area contributed by atoms with E-state index in [1.165, 1.54) is 19.4 Å². The summed E-state index contributed by atoms with van der Waals surface area (Å²) in [5, 5.41) is 7.19. The molecule has 0 saturated carbocycles. The predicted octanol–water partition coefficient (Wildman–Crippen LogP) is -0.0312. The zero-order chi connectivity index (χ0) is 12.7. The third kappa shape index (κ3) is 1.86. The fourth-order valence-electron chi connectivity index (χ4n) is 3.17. The maximum atomic E-state index is 12.1. The van der Waals surface area contributed by atoms with Gasteiger partial charge in [-0.2, -0.15) is 5.10 Å². The Hall–Kier alpha value is -1.56. The fourth-order valence-corrected chi connectivity index (χ4v) is 3.17. The third-order valence-electron chi connectivity index (χ3n) is 3.99. The van der Waals surface area contributed by atoms with Crippen molar-refractivity contribution in [3.8, 4) is 0 Å². The molecule has 0 bridgehead atoms. The summed E-state index contributed by atoms with van der Waals surface area (Å²) >= 11 is 0. The molecule has 0 aromatic carbocycles. The Morgan fingerprint density at radius 1 is 1.50 bits per heavy atom. The second-order valence-corrected chi connectivity index (χ2v) is 5.22. The molecule has 2 saturated heterocycles. The molecule has 2 aliphatic heterocycles. The lowest BCUT2D eigenvalue weighted by Crippen LogP contribution is -2.42. The lowest BCUT2D eigenvalue weighted by Gasteiger charge is -2.20. The summed E-state index contributed by atoms with van der Waals surface area (Å²) in [5.74, 6) is -0.146. The molecule has 1 aromatic heterocycles. The van der Waals surface area contributed by atoms with E-state index in [1.54, 1.807) is 17.9 Å². The second kappa shape index (κ2) is 4.28. The number of carbonyl (C=O) groups is 1. The first-order valence-electron chi connectivity index (χ1n) is 6.49. The number of aromatic nitrogens is 2. The molecular formula is C12H19N5O. The van der Waals surface area contributed by atoms with Gasteiger partial charge in [-0.25, -0.2) is 0 Å². The fraction of sp³-hybridized carbons (Fsp3) is 0.667. The first-order chi connectivity index (χ1) is 8.65. The smallest absolute Gasteiger partial charge is 0.274 e. The lowest BCUT2D eigenvalue weighted by molar-refractivity contribution is 0.0924. The van der Waals surface area contributed by atoms with Crippen LogP contribution < -0.4 is 11.1 Å². The van der Waals surface area contributed by atoms with E-state index < -0.39 is 0 Å². The van der Waals surface area contributed by atoms with Crippen LogP contribution in [0.5, 0.6) is 0 Å². The molecule has 2 unspecified atom stereocenters. The van der Waals surface area contributed by atoms with E-state index in [4.69, 9.17) is 5.73 Å². The van der Waals surface area contributed by atoms with Gasteiger partial charge >= 0.3 is 0 Å². The molecule has 18 heavy (non-hydrogen) atoms. The van der Waals surface area contributed by atoms with E-state index in [1.807, 2.05) is 0 Å². The summed E-state index contributed by atoms with van der Waals surface area (Å²) in [6.07, 6.45) is 5.11. The molecule has 0 aliphatic carbocycles. The van der Waals surface area contributed by atoms with Crippen molar-refractivity contribution in [2.75, 3.05) is 18.8 Å². The minimum atomic E-state index is -0.146. The number of anilines is 1. The Kier molecular flexibility index (Phi) is 2.74. The number of nitrogen functional groups attached to an aromatic ring is 1. The molecule has 6 nitrogen and oxygen atoms in total. The summed E-state index contributed by atoms with van der Waals surface area (Å²) < 4.78 is 1.57. The third-order valence-corrected chi connectivity index (χ3v) is 3.99. The molecule has 3 heterocycles. The van der Waals surface area contributed by atoms with E-state index in [2.05, 4.69) is 15.3 Å². The highest BCUT2D eigenvalue weighted by atomic mass is 16.2. The van der Waals surface area contributed by atoms with Crippen LogP contribution in [0.4, 0.5) is 5.69 Å². The largest absolute Gasteiger partial charge is 0.396 e. The molecular weight excluding hydrogens is 230 g/mol. The van der Waals surface area contributed by atoms with Crippen molar-refractivity contribution in [3.63, 3.8) is 0 Å². The van der Waals surface area contributed by atoms with E-state index in [0.29, 0.717) is 17.4 Å². The van der Waals surface area contributed by atoms with Gasteiger partial charge in [0, 0.05) is 31.9 Å². The van der Waals surface area contributed by atoms with Crippen molar-refractivity contribution in [1.29, 1.82) is 0 Å². The van der Waals surface area contributed by atoms with Crippen molar-refractivity contribution >= 4 is 11.6 Å². The van der Waals surface area contributed by atoms with Crippen LogP contribution in [0, 0.1) is 0 Å². The molecule has 0 spiro atoms. The van der Waals surface area contributed by atoms with Crippen LogP contribution in [0.15, 0.2) is 6.20 Å². The highest BCUT2D eigenvalue weighted by molar-refractivity contribution is 5.97. The van der Waals surface area contributed by atoms with Gasteiger partial charge in [0.25, 0.3) is 5.91 Å². The lowest BCUT2D eigenvalue weighted by atomic mass is 10.1. The summed E-state index contributed by atoms with van der Waals surface area (Å²) in [6.45, 7) is 2.26. The van der Waals surface area contributed by atoms with Crippen molar-refractivity contribution in [1.82, 2.24) is 20.0 Å². The van der Waals surface area contributed by atoms with Crippen LogP contribution in [-0.2, 0) is 7.05 Å². The highest BCUT2D eigenvalue weighted by Gasteiger charge is 2.38. The van der Waals surface area contributed by atoms with Crippen LogP contribution >= 0.6 is 0 Å². The second-order valence-electron chi connectivity index (χ2n) is 5.22. The van der Waals surface area contributed by atoms with E-state index in [9.17, 15) is 4.79 Å². The van der Waals surface area contributed by atoms with Gasteiger partial charge in [-0.1, -0.05) is 0 Å². The number of aryl methyl sites for hydroxylation is 1. The Labute approximate surface area is 106 Å². The van der Waals surface area contributed by atoms with Gasteiger partial charge in [0.15, 0.2) is 5.69 Å². The molecule has 3 N–H and O–H groups in total. The van der Waals surface area contributed by atoms with Gasteiger partial charge in [-0.15, -0.1) is 0 Å². The van der Waals surface area contributed by atoms with Gasteiger partial charge in [-0.05, 0) is 25.8 Å². The predicted molar refractivity (Wildman–Crippen MR) is 68.1 cm³/mol. The Morgan fingerprint density at radius 3 is 3.06 bits per heavy atom. The number of hydrogen-bond donors (Lipinski definition) is 2. The van der Waals surface area contributed by atoms with Crippen LogP contribution in [0.3, 0.4) is 0 Å². The average Bonchev–Trinajstić information content (AvgIpc) is 2.96. The molecule has 98 valence electrons. The summed E-state index contributed by atoms with van der Waals surface area (Å²) in [6, 6.07) is 0.764. The number of hydrogen-bond acceptors (Lipinski definition) is 4. The monoisotopic (exact) mass is 249 g/mol. The summed E-state index contributed by atoms with van der Waals surface area (Å²) in [7, 11) is 1.77. The maximum Gasteiger partial charge on any atom is 0.274 e. The minimum absolute atomic E-state index is 0.146. The minimum Gasteiger partial charge on any atom is -0.396 e. The zero-order valence-electron chi connectivity index (χ0n) is 10.6. The molecule has 2 aliphatic rings. The highest BCUT2D eigenvalue weighted by Crippen LogP contribution is 2.28. The molecule has 2 fully saturated rings. The SMILES string of the molecule is Cn1cc(N)c(C(=O)NC2CCN3CCCC23)n1. The normalized spacial score (nSPS) is 27.4. The molecule has 3 rings (SSSR count). The standard InChI is InChI=1S/C12H19N5O/c1-16-7-8(13)11(15-16)12(18)14-9-4-6-17-5-2-3-10(9)17/h7,9-10H,2-6,13H2,1H3,(H,14,18). The van der Waals surface area contributed by atoms with E-state index >= 15 is 0 Å². The topological polar surface area (TPSA) is 76.2 Å². The first kappa shape index (κ1) is 11.5. The maximum absolute atomic E-state index is 12.1. The van der Waals surface area contributed by atoms with Crippen LogP contribution in [0.2, 0.25) is 0 Å². The Bertz CT molecular complexity index is 469. The number of rotatable bonds is 2. The zero-order valence-corrected chi connectivity index (χ0v) is 10.6. The molecule has 1 amide bonds. The van der Waals surface area contributed by atoms with Gasteiger partial charge in [0.1, 0.15) is 0 Å². The van der Waals surface area contributed by atoms with Gasteiger partial charge < -0.3 is 11.1 Å². The van der Waals surface area contributed by atoms with E-state index in [0.717, 1.165) is 13.0 Å².